The lowest BCUT2D eigenvalue weighted by atomic mass is 9.91. The standard InChI is InChI=1S/C27H38N6O3/c1-33(2)24-21-11-7-8-12-22(21)30-26(32-24)28-19-13-15-20(16-14-19)29-27(35)31-23(25(34)36-3)17-18-9-5-4-6-10-18/h4-6,9-10,19-20,23H,7-8,11-17H2,1-3H3,(H,28,30,32)(H2,29,31,35)/t19-,20+,23-/m0/s1. The van der Waals surface area contributed by atoms with Crippen molar-refractivity contribution in [1.29, 1.82) is 0 Å². The molecule has 0 aliphatic heterocycles. The second-order valence-electron chi connectivity index (χ2n) is 9.97. The molecule has 9 nitrogen and oxygen atoms in total. The third-order valence-electron chi connectivity index (χ3n) is 7.05. The summed E-state index contributed by atoms with van der Waals surface area (Å²) in [6.45, 7) is 0. The maximum absolute atomic E-state index is 12.7. The fourth-order valence-corrected chi connectivity index (χ4v) is 5.14. The molecule has 1 aromatic carbocycles. The van der Waals surface area contributed by atoms with Crippen LogP contribution in [0.25, 0.3) is 0 Å². The lowest BCUT2D eigenvalue weighted by Crippen LogP contribution is -2.51. The van der Waals surface area contributed by atoms with Crippen LogP contribution >= 0.6 is 0 Å². The number of anilines is 2. The topological polar surface area (TPSA) is 108 Å². The van der Waals surface area contributed by atoms with Gasteiger partial charge in [-0.15, -0.1) is 0 Å². The first-order chi connectivity index (χ1) is 17.4. The van der Waals surface area contributed by atoms with Crippen LogP contribution in [0.5, 0.6) is 0 Å². The number of carbonyl (C=O) groups excluding carboxylic acids is 2. The zero-order valence-corrected chi connectivity index (χ0v) is 21.5. The van der Waals surface area contributed by atoms with Crippen LogP contribution in [0, 0.1) is 0 Å². The Balaban J connectivity index is 1.28. The Kier molecular flexibility index (Phi) is 8.61. The van der Waals surface area contributed by atoms with Gasteiger partial charge in [0, 0.05) is 38.2 Å². The number of benzene rings is 1. The first-order valence-electron chi connectivity index (χ1n) is 13.0. The molecule has 1 saturated carbocycles. The van der Waals surface area contributed by atoms with Gasteiger partial charge in [-0.1, -0.05) is 30.3 Å². The zero-order valence-electron chi connectivity index (χ0n) is 21.5. The Morgan fingerprint density at radius 2 is 1.72 bits per heavy atom. The van der Waals surface area contributed by atoms with Gasteiger partial charge in [0.1, 0.15) is 11.9 Å². The van der Waals surface area contributed by atoms with E-state index in [4.69, 9.17) is 14.7 Å². The van der Waals surface area contributed by atoms with Crippen molar-refractivity contribution in [3.05, 3.63) is 47.2 Å². The van der Waals surface area contributed by atoms with E-state index in [0.717, 1.165) is 49.9 Å². The van der Waals surface area contributed by atoms with Gasteiger partial charge < -0.3 is 25.6 Å². The van der Waals surface area contributed by atoms with E-state index in [0.29, 0.717) is 12.4 Å². The van der Waals surface area contributed by atoms with Crippen molar-refractivity contribution in [1.82, 2.24) is 20.6 Å². The van der Waals surface area contributed by atoms with E-state index in [1.54, 1.807) is 0 Å². The van der Waals surface area contributed by atoms with Crippen LogP contribution in [0.2, 0.25) is 0 Å². The average molecular weight is 495 g/mol. The highest BCUT2D eigenvalue weighted by atomic mass is 16.5. The minimum absolute atomic E-state index is 0.0554. The van der Waals surface area contributed by atoms with Crippen LogP contribution in [0.4, 0.5) is 16.6 Å². The molecule has 3 N–H and O–H groups in total. The fourth-order valence-electron chi connectivity index (χ4n) is 5.14. The van der Waals surface area contributed by atoms with E-state index < -0.39 is 12.0 Å². The molecule has 2 aromatic rings. The highest BCUT2D eigenvalue weighted by Crippen LogP contribution is 2.29. The van der Waals surface area contributed by atoms with Gasteiger partial charge in [-0.05, 0) is 56.9 Å². The van der Waals surface area contributed by atoms with E-state index in [1.807, 2.05) is 44.4 Å². The number of aromatic nitrogens is 2. The molecule has 1 atom stereocenters. The van der Waals surface area contributed by atoms with E-state index in [1.165, 1.54) is 31.2 Å². The smallest absolute Gasteiger partial charge is 0.328 e. The molecule has 1 aromatic heterocycles. The van der Waals surface area contributed by atoms with Crippen LogP contribution in [-0.2, 0) is 28.8 Å². The number of aryl methyl sites for hydroxylation is 1. The van der Waals surface area contributed by atoms with E-state index in [2.05, 4.69) is 20.9 Å². The molecule has 1 heterocycles. The minimum atomic E-state index is -0.734. The highest BCUT2D eigenvalue weighted by Gasteiger charge is 2.27. The molecule has 1 fully saturated rings. The Morgan fingerprint density at radius 1 is 1.03 bits per heavy atom. The maximum Gasteiger partial charge on any atom is 0.328 e. The van der Waals surface area contributed by atoms with Crippen LogP contribution in [0.15, 0.2) is 30.3 Å². The molecule has 0 unspecified atom stereocenters. The quantitative estimate of drug-likeness (QED) is 0.484. The average Bonchev–Trinajstić information content (AvgIpc) is 2.89. The summed E-state index contributed by atoms with van der Waals surface area (Å²) in [5, 5.41) is 9.38. The van der Waals surface area contributed by atoms with Crippen LogP contribution in [-0.4, -0.2) is 61.3 Å². The lowest BCUT2D eigenvalue weighted by molar-refractivity contribution is -0.142. The molecule has 2 amide bonds. The van der Waals surface area contributed by atoms with E-state index >= 15 is 0 Å². The van der Waals surface area contributed by atoms with Gasteiger partial charge in [-0.3, -0.25) is 0 Å². The number of esters is 1. The Bertz CT molecular complexity index is 1040. The molecule has 0 bridgehead atoms. The number of hydrogen-bond donors (Lipinski definition) is 3. The predicted molar refractivity (Wildman–Crippen MR) is 140 cm³/mol. The van der Waals surface area contributed by atoms with Crippen LogP contribution in [0.1, 0.15) is 55.3 Å². The van der Waals surface area contributed by atoms with Crippen LogP contribution < -0.4 is 20.9 Å². The van der Waals surface area contributed by atoms with Crippen molar-refractivity contribution in [2.45, 2.75) is 75.9 Å². The summed E-state index contributed by atoms with van der Waals surface area (Å²) >= 11 is 0. The Labute approximate surface area is 213 Å². The van der Waals surface area contributed by atoms with Crippen LogP contribution in [0.3, 0.4) is 0 Å². The molecular formula is C27H38N6O3. The normalized spacial score (nSPS) is 20.0. The summed E-state index contributed by atoms with van der Waals surface area (Å²) in [4.78, 5) is 36.6. The maximum atomic E-state index is 12.7. The van der Waals surface area contributed by atoms with Crippen molar-refractivity contribution >= 4 is 23.8 Å². The number of ether oxygens (including phenoxy) is 1. The van der Waals surface area contributed by atoms with Crippen molar-refractivity contribution in [3.63, 3.8) is 0 Å². The summed E-state index contributed by atoms with van der Waals surface area (Å²) in [6.07, 6.45) is 8.32. The number of methoxy groups -OCH3 is 1. The number of fused-ring (bicyclic) bond motifs is 1. The van der Waals surface area contributed by atoms with E-state index in [9.17, 15) is 9.59 Å². The third kappa shape index (κ3) is 6.65. The highest BCUT2D eigenvalue weighted by molar-refractivity contribution is 5.83. The third-order valence-corrected chi connectivity index (χ3v) is 7.05. The molecule has 194 valence electrons. The van der Waals surface area contributed by atoms with Gasteiger partial charge >= 0.3 is 12.0 Å². The molecule has 36 heavy (non-hydrogen) atoms. The second-order valence-corrected chi connectivity index (χ2v) is 9.97. The van der Waals surface area contributed by atoms with Crippen molar-refractivity contribution in [2.75, 3.05) is 31.4 Å². The number of carbonyl (C=O) groups is 2. The first-order valence-corrected chi connectivity index (χ1v) is 13.0. The Morgan fingerprint density at radius 3 is 2.42 bits per heavy atom. The molecular weight excluding hydrogens is 456 g/mol. The molecule has 2 aliphatic carbocycles. The first kappa shape index (κ1) is 25.7. The summed E-state index contributed by atoms with van der Waals surface area (Å²) in [5.74, 6) is 1.27. The number of urea groups is 1. The van der Waals surface area contributed by atoms with Gasteiger partial charge in [-0.25, -0.2) is 14.6 Å². The fraction of sp³-hybridized carbons (Fsp3) is 0.556. The predicted octanol–water partition coefficient (Wildman–Crippen LogP) is 3.23. The minimum Gasteiger partial charge on any atom is -0.467 e. The summed E-state index contributed by atoms with van der Waals surface area (Å²) in [7, 11) is 5.41. The summed E-state index contributed by atoms with van der Waals surface area (Å²) < 4.78 is 4.90. The molecule has 0 radical (unpaired) electrons. The number of nitrogens with zero attached hydrogens (tertiary/aromatic N) is 3. The van der Waals surface area contributed by atoms with Gasteiger partial charge in [-0.2, -0.15) is 4.98 Å². The van der Waals surface area contributed by atoms with Crippen molar-refractivity contribution in [3.8, 4) is 0 Å². The molecule has 2 aliphatic rings. The molecule has 4 rings (SSSR count). The second kappa shape index (κ2) is 12.1. The molecule has 0 saturated heterocycles. The summed E-state index contributed by atoms with van der Waals surface area (Å²) in [6, 6.07) is 8.84. The molecule has 9 heteroatoms. The number of amides is 2. The van der Waals surface area contributed by atoms with E-state index in [-0.39, 0.29) is 18.1 Å². The SMILES string of the molecule is COC(=O)[C@H](Cc1ccccc1)NC(=O)N[C@H]1CC[C@@H](Nc2nc3c(c(N(C)C)n2)CCCC3)CC1. The largest absolute Gasteiger partial charge is 0.467 e. The zero-order chi connectivity index (χ0) is 25.5. The van der Waals surface area contributed by atoms with Gasteiger partial charge in [0.2, 0.25) is 5.95 Å². The van der Waals surface area contributed by atoms with Gasteiger partial charge in [0.15, 0.2) is 0 Å². The van der Waals surface area contributed by atoms with Crippen molar-refractivity contribution in [2.24, 2.45) is 0 Å². The number of rotatable bonds is 8. The summed E-state index contributed by atoms with van der Waals surface area (Å²) in [5.41, 5.74) is 3.42. The number of hydrogen-bond acceptors (Lipinski definition) is 7. The monoisotopic (exact) mass is 494 g/mol. The van der Waals surface area contributed by atoms with Gasteiger partial charge in [0.25, 0.3) is 0 Å². The van der Waals surface area contributed by atoms with Gasteiger partial charge in [0.05, 0.1) is 12.8 Å². The lowest BCUT2D eigenvalue weighted by Gasteiger charge is -2.31. The van der Waals surface area contributed by atoms with Crippen molar-refractivity contribution < 1.29 is 14.3 Å². The molecule has 0 spiro atoms. The number of nitrogens with one attached hydrogen (secondary N) is 3. The Hall–Kier alpha value is -3.36.